The van der Waals surface area contributed by atoms with Crippen LogP contribution in [0.4, 0.5) is 0 Å². The first-order chi connectivity index (χ1) is 5.22. The minimum Gasteiger partial charge on any atom is -0.264 e. The zero-order valence-electron chi connectivity index (χ0n) is 6.82. The van der Waals surface area contributed by atoms with Gasteiger partial charge in [-0.1, -0.05) is 19.8 Å². The molecule has 0 spiro atoms. The largest absolute Gasteiger partial charge is 0.264 e. The van der Waals surface area contributed by atoms with E-state index in [9.17, 15) is 10.1 Å². The van der Waals surface area contributed by atoms with Gasteiger partial charge in [-0.2, -0.15) is 12.6 Å². The zero-order chi connectivity index (χ0) is 8.69. The van der Waals surface area contributed by atoms with Crippen molar-refractivity contribution in [2.45, 2.75) is 38.6 Å². The quantitative estimate of drug-likeness (QED) is 0.292. The Labute approximate surface area is 72.7 Å². The molecule has 11 heavy (non-hydrogen) atoms. The lowest BCUT2D eigenvalue weighted by atomic mass is 10.1. The second-order valence-corrected chi connectivity index (χ2v) is 2.98. The van der Waals surface area contributed by atoms with Crippen molar-refractivity contribution in [2.24, 2.45) is 0 Å². The van der Waals surface area contributed by atoms with E-state index in [0.717, 1.165) is 19.3 Å². The molecular weight excluding hydrogens is 162 g/mol. The van der Waals surface area contributed by atoms with E-state index in [1.807, 2.05) is 0 Å². The summed E-state index contributed by atoms with van der Waals surface area (Å²) in [6.07, 6.45) is 3.81. The molecule has 0 bridgehead atoms. The van der Waals surface area contributed by atoms with Crippen LogP contribution in [0.2, 0.25) is 0 Å². The Bertz CT molecular complexity index is 119. The molecule has 0 aromatic rings. The molecule has 1 atom stereocenters. The van der Waals surface area contributed by atoms with Crippen LogP contribution in [-0.2, 0) is 0 Å². The van der Waals surface area contributed by atoms with E-state index in [2.05, 4.69) is 19.6 Å². The Hall–Kier alpha value is -0.250. The smallest absolute Gasteiger partial charge is 0.221 e. The van der Waals surface area contributed by atoms with E-state index in [-0.39, 0.29) is 4.92 Å². The summed E-state index contributed by atoms with van der Waals surface area (Å²) in [5, 5.41) is 10.3. The average molecular weight is 177 g/mol. The summed E-state index contributed by atoms with van der Waals surface area (Å²) in [4.78, 5) is 10.0. The second kappa shape index (κ2) is 6.46. The van der Waals surface area contributed by atoms with Gasteiger partial charge in [-0.15, -0.1) is 0 Å². The van der Waals surface area contributed by atoms with E-state index < -0.39 is 6.04 Å². The highest BCUT2D eigenvalue weighted by Crippen LogP contribution is 2.06. The Balaban J connectivity index is 3.44. The number of thiol groups is 1. The average Bonchev–Trinajstić information content (AvgIpc) is 1.97. The van der Waals surface area contributed by atoms with Gasteiger partial charge in [0.25, 0.3) is 0 Å². The molecule has 0 radical (unpaired) electrons. The monoisotopic (exact) mass is 177 g/mol. The van der Waals surface area contributed by atoms with E-state index in [1.165, 1.54) is 0 Å². The molecule has 0 aromatic heterocycles. The number of rotatable bonds is 6. The van der Waals surface area contributed by atoms with Gasteiger partial charge in [0.05, 0.1) is 5.75 Å². The lowest BCUT2D eigenvalue weighted by Crippen LogP contribution is -2.20. The van der Waals surface area contributed by atoms with Crippen LogP contribution in [0.5, 0.6) is 0 Å². The van der Waals surface area contributed by atoms with E-state index in [1.54, 1.807) is 0 Å². The molecule has 4 heteroatoms. The fourth-order valence-corrected chi connectivity index (χ4v) is 1.21. The standard InChI is InChI=1S/C7H15NO2S/c1-2-3-4-5-7(6-11)8(9)10/h7,11H,2-6H2,1H3. The number of nitro groups is 1. The molecule has 0 aliphatic rings. The van der Waals surface area contributed by atoms with Crippen LogP contribution in [0.3, 0.4) is 0 Å². The van der Waals surface area contributed by atoms with Crippen LogP contribution < -0.4 is 0 Å². The van der Waals surface area contributed by atoms with Crippen molar-refractivity contribution in [3.8, 4) is 0 Å². The van der Waals surface area contributed by atoms with Gasteiger partial charge in [-0.3, -0.25) is 10.1 Å². The number of nitrogens with zero attached hydrogens (tertiary/aromatic N) is 1. The van der Waals surface area contributed by atoms with Crippen LogP contribution >= 0.6 is 12.6 Å². The predicted octanol–water partition coefficient (Wildman–Crippen LogP) is 2.14. The molecule has 3 nitrogen and oxygen atoms in total. The molecular formula is C7H15NO2S. The molecule has 0 aliphatic carbocycles. The molecule has 0 rings (SSSR count). The maximum Gasteiger partial charge on any atom is 0.221 e. The Morgan fingerprint density at radius 1 is 1.55 bits per heavy atom. The van der Waals surface area contributed by atoms with E-state index >= 15 is 0 Å². The Kier molecular flexibility index (Phi) is 6.31. The summed E-state index contributed by atoms with van der Waals surface area (Å²) in [7, 11) is 0. The molecule has 0 saturated carbocycles. The van der Waals surface area contributed by atoms with Gasteiger partial charge in [-0.25, -0.2) is 0 Å². The molecule has 1 unspecified atom stereocenters. The van der Waals surface area contributed by atoms with Crippen molar-refractivity contribution in [3.63, 3.8) is 0 Å². The van der Waals surface area contributed by atoms with Crippen molar-refractivity contribution in [1.29, 1.82) is 0 Å². The lowest BCUT2D eigenvalue weighted by Gasteiger charge is -2.04. The van der Waals surface area contributed by atoms with Gasteiger partial charge >= 0.3 is 0 Å². The molecule has 0 fully saturated rings. The summed E-state index contributed by atoms with van der Waals surface area (Å²) in [6, 6.07) is -0.440. The van der Waals surface area contributed by atoms with Crippen LogP contribution in [-0.4, -0.2) is 16.7 Å². The van der Waals surface area contributed by atoms with Crippen LogP contribution in [0.15, 0.2) is 0 Å². The highest BCUT2D eigenvalue weighted by Gasteiger charge is 2.16. The van der Waals surface area contributed by atoms with Gasteiger partial charge in [0.1, 0.15) is 0 Å². The predicted molar refractivity (Wildman–Crippen MR) is 48.8 cm³/mol. The third kappa shape index (κ3) is 5.07. The van der Waals surface area contributed by atoms with Crippen molar-refractivity contribution in [2.75, 3.05) is 5.75 Å². The zero-order valence-corrected chi connectivity index (χ0v) is 7.72. The number of hydrogen-bond donors (Lipinski definition) is 1. The SMILES string of the molecule is CCCCCC(CS)[N+](=O)[O-]. The Morgan fingerprint density at radius 3 is 2.55 bits per heavy atom. The fourth-order valence-electron chi connectivity index (χ4n) is 0.893. The highest BCUT2D eigenvalue weighted by atomic mass is 32.1. The van der Waals surface area contributed by atoms with Crippen molar-refractivity contribution in [1.82, 2.24) is 0 Å². The van der Waals surface area contributed by atoms with Gasteiger partial charge in [0, 0.05) is 11.3 Å². The number of unbranched alkanes of at least 4 members (excludes halogenated alkanes) is 2. The topological polar surface area (TPSA) is 43.1 Å². The molecule has 0 aliphatic heterocycles. The summed E-state index contributed by atoms with van der Waals surface area (Å²) in [5.41, 5.74) is 0. The van der Waals surface area contributed by atoms with Crippen LogP contribution in [0, 0.1) is 10.1 Å². The molecule has 0 saturated heterocycles. The molecule has 0 aromatic carbocycles. The maximum atomic E-state index is 10.3. The fraction of sp³-hybridized carbons (Fsp3) is 1.00. The van der Waals surface area contributed by atoms with Gasteiger partial charge in [0.15, 0.2) is 0 Å². The maximum absolute atomic E-state index is 10.3. The highest BCUT2D eigenvalue weighted by molar-refractivity contribution is 7.80. The van der Waals surface area contributed by atoms with Crippen molar-refractivity contribution < 1.29 is 4.92 Å². The normalized spacial score (nSPS) is 12.9. The molecule has 0 amide bonds. The van der Waals surface area contributed by atoms with Crippen LogP contribution in [0.1, 0.15) is 32.6 Å². The second-order valence-electron chi connectivity index (χ2n) is 2.62. The number of hydrogen-bond acceptors (Lipinski definition) is 3. The van der Waals surface area contributed by atoms with Crippen molar-refractivity contribution in [3.05, 3.63) is 10.1 Å². The first kappa shape index (κ1) is 10.8. The van der Waals surface area contributed by atoms with Gasteiger partial charge in [-0.05, 0) is 6.42 Å². The van der Waals surface area contributed by atoms with E-state index in [0.29, 0.717) is 12.2 Å². The Morgan fingerprint density at radius 2 is 2.18 bits per heavy atom. The van der Waals surface area contributed by atoms with Crippen LogP contribution in [0.25, 0.3) is 0 Å². The first-order valence-electron chi connectivity index (χ1n) is 3.96. The van der Waals surface area contributed by atoms with E-state index in [4.69, 9.17) is 0 Å². The third-order valence-corrected chi connectivity index (χ3v) is 2.07. The van der Waals surface area contributed by atoms with Crippen molar-refractivity contribution >= 4 is 12.6 Å². The molecule has 0 heterocycles. The summed E-state index contributed by atoms with van der Waals surface area (Å²) in [6.45, 7) is 2.09. The minimum atomic E-state index is -0.440. The minimum absolute atomic E-state index is 0.233. The third-order valence-electron chi connectivity index (χ3n) is 1.65. The first-order valence-corrected chi connectivity index (χ1v) is 4.60. The molecule has 66 valence electrons. The summed E-state index contributed by atoms with van der Waals surface area (Å²) in [5.74, 6) is 0.358. The summed E-state index contributed by atoms with van der Waals surface area (Å²) >= 11 is 3.92. The summed E-state index contributed by atoms with van der Waals surface area (Å²) < 4.78 is 0. The van der Waals surface area contributed by atoms with Gasteiger partial charge < -0.3 is 0 Å². The lowest BCUT2D eigenvalue weighted by molar-refractivity contribution is -0.517. The molecule has 0 N–H and O–H groups in total. The van der Waals surface area contributed by atoms with Gasteiger partial charge in [0.2, 0.25) is 6.04 Å².